The molecule has 19 heavy (non-hydrogen) atoms. The molecule has 0 amide bonds. The zero-order chi connectivity index (χ0) is 14.6. The third-order valence-corrected chi connectivity index (χ3v) is 5.31. The van der Waals surface area contributed by atoms with E-state index in [1.54, 1.807) is 31.3 Å². The number of sulfonamides is 1. The SMILES string of the molecule is CC(C)CC(C)N(C)S(=O)(=O)c1ccccc1CO. The Hall–Kier alpha value is -0.910. The number of aliphatic hydroxyl groups excluding tert-OH is 1. The first kappa shape index (κ1) is 16.1. The number of benzene rings is 1. The van der Waals surface area contributed by atoms with Crippen molar-refractivity contribution in [3.8, 4) is 0 Å². The van der Waals surface area contributed by atoms with E-state index in [4.69, 9.17) is 0 Å². The topological polar surface area (TPSA) is 57.6 Å². The van der Waals surface area contributed by atoms with Crippen molar-refractivity contribution in [3.05, 3.63) is 29.8 Å². The van der Waals surface area contributed by atoms with Gasteiger partial charge in [-0.05, 0) is 30.9 Å². The Morgan fingerprint density at radius 2 is 1.79 bits per heavy atom. The Morgan fingerprint density at radius 3 is 2.32 bits per heavy atom. The monoisotopic (exact) mass is 285 g/mol. The van der Waals surface area contributed by atoms with E-state index in [-0.39, 0.29) is 17.5 Å². The van der Waals surface area contributed by atoms with Crippen LogP contribution in [0.5, 0.6) is 0 Å². The van der Waals surface area contributed by atoms with Crippen LogP contribution in [0.25, 0.3) is 0 Å². The fourth-order valence-electron chi connectivity index (χ4n) is 2.11. The maximum absolute atomic E-state index is 12.5. The van der Waals surface area contributed by atoms with Gasteiger partial charge in [0.05, 0.1) is 11.5 Å². The minimum atomic E-state index is -3.55. The zero-order valence-corrected chi connectivity index (χ0v) is 12.8. The second-order valence-electron chi connectivity index (χ2n) is 5.27. The number of rotatable bonds is 6. The van der Waals surface area contributed by atoms with Gasteiger partial charge in [-0.25, -0.2) is 8.42 Å². The molecule has 5 heteroatoms. The lowest BCUT2D eigenvalue weighted by molar-refractivity contribution is 0.277. The van der Waals surface area contributed by atoms with Crippen LogP contribution in [0.1, 0.15) is 32.8 Å². The first-order valence-electron chi connectivity index (χ1n) is 6.47. The van der Waals surface area contributed by atoms with Gasteiger partial charge in [0.1, 0.15) is 0 Å². The van der Waals surface area contributed by atoms with E-state index in [0.29, 0.717) is 11.5 Å². The molecule has 0 bridgehead atoms. The van der Waals surface area contributed by atoms with Crippen LogP contribution in [0, 0.1) is 5.92 Å². The molecule has 0 spiro atoms. The van der Waals surface area contributed by atoms with Gasteiger partial charge in [-0.1, -0.05) is 32.0 Å². The van der Waals surface area contributed by atoms with Crippen LogP contribution in [-0.2, 0) is 16.6 Å². The summed E-state index contributed by atoms with van der Waals surface area (Å²) in [6.07, 6.45) is 0.803. The van der Waals surface area contributed by atoms with E-state index in [2.05, 4.69) is 13.8 Å². The highest BCUT2D eigenvalue weighted by Gasteiger charge is 2.27. The molecule has 0 fully saturated rings. The summed E-state index contributed by atoms with van der Waals surface area (Å²) >= 11 is 0. The van der Waals surface area contributed by atoms with Gasteiger partial charge >= 0.3 is 0 Å². The highest BCUT2D eigenvalue weighted by Crippen LogP contribution is 2.22. The molecule has 0 radical (unpaired) electrons. The third kappa shape index (κ3) is 3.78. The second-order valence-corrected chi connectivity index (χ2v) is 7.23. The van der Waals surface area contributed by atoms with Gasteiger partial charge in [-0.2, -0.15) is 4.31 Å². The fourth-order valence-corrected chi connectivity index (χ4v) is 3.69. The largest absolute Gasteiger partial charge is 0.392 e. The summed E-state index contributed by atoms with van der Waals surface area (Å²) in [6, 6.07) is 6.50. The predicted octanol–water partition coefficient (Wildman–Crippen LogP) is 2.23. The lowest BCUT2D eigenvalue weighted by Gasteiger charge is -2.26. The molecule has 1 rings (SSSR count). The number of hydrogen-bond donors (Lipinski definition) is 1. The molecule has 1 N–H and O–H groups in total. The van der Waals surface area contributed by atoms with Crippen LogP contribution in [0.15, 0.2) is 29.2 Å². The number of nitrogens with zero attached hydrogens (tertiary/aromatic N) is 1. The molecule has 0 heterocycles. The average Bonchev–Trinajstić information content (AvgIpc) is 2.36. The molecule has 108 valence electrons. The summed E-state index contributed by atoms with van der Waals surface area (Å²) in [6.45, 7) is 5.76. The van der Waals surface area contributed by atoms with Gasteiger partial charge in [0.2, 0.25) is 10.0 Å². The summed E-state index contributed by atoms with van der Waals surface area (Å²) in [5.41, 5.74) is 0.436. The summed E-state index contributed by atoms with van der Waals surface area (Å²) < 4.78 is 26.5. The molecule has 1 unspecified atom stereocenters. The predicted molar refractivity (Wildman–Crippen MR) is 76.2 cm³/mol. The van der Waals surface area contributed by atoms with Gasteiger partial charge < -0.3 is 5.11 Å². The average molecular weight is 285 g/mol. The molecule has 4 nitrogen and oxygen atoms in total. The summed E-state index contributed by atoms with van der Waals surface area (Å²) in [5, 5.41) is 9.26. The lowest BCUT2D eigenvalue weighted by atomic mass is 10.1. The van der Waals surface area contributed by atoms with Crippen LogP contribution in [0.3, 0.4) is 0 Å². The number of hydrogen-bond acceptors (Lipinski definition) is 3. The lowest BCUT2D eigenvalue weighted by Crippen LogP contribution is -2.36. The van der Waals surface area contributed by atoms with Crippen molar-refractivity contribution in [2.24, 2.45) is 5.92 Å². The standard InChI is InChI=1S/C14H23NO3S/c1-11(2)9-12(3)15(4)19(17,18)14-8-6-5-7-13(14)10-16/h5-8,11-12,16H,9-10H2,1-4H3. The Balaban J connectivity index is 3.09. The maximum Gasteiger partial charge on any atom is 0.243 e. The van der Waals surface area contributed by atoms with Crippen molar-refractivity contribution in [2.45, 2.75) is 44.7 Å². The molecule has 1 aromatic carbocycles. The third-order valence-electron chi connectivity index (χ3n) is 3.23. The van der Waals surface area contributed by atoms with Crippen molar-refractivity contribution < 1.29 is 13.5 Å². The molecule has 0 aromatic heterocycles. The maximum atomic E-state index is 12.5. The van der Waals surface area contributed by atoms with Crippen LogP contribution in [0.4, 0.5) is 0 Å². The fraction of sp³-hybridized carbons (Fsp3) is 0.571. The zero-order valence-electron chi connectivity index (χ0n) is 12.0. The van der Waals surface area contributed by atoms with E-state index in [1.807, 2.05) is 6.92 Å². The first-order valence-corrected chi connectivity index (χ1v) is 7.91. The second kappa shape index (κ2) is 6.50. The van der Waals surface area contributed by atoms with Crippen molar-refractivity contribution in [2.75, 3.05) is 7.05 Å². The van der Waals surface area contributed by atoms with Gasteiger partial charge in [0.25, 0.3) is 0 Å². The minimum Gasteiger partial charge on any atom is -0.392 e. The van der Waals surface area contributed by atoms with Gasteiger partial charge in [0, 0.05) is 13.1 Å². The molecule has 1 atom stereocenters. The molecule has 0 aliphatic carbocycles. The molecule has 0 saturated carbocycles. The van der Waals surface area contributed by atoms with Gasteiger partial charge in [0.15, 0.2) is 0 Å². The van der Waals surface area contributed by atoms with E-state index < -0.39 is 10.0 Å². The molecule has 1 aromatic rings. The Kier molecular flexibility index (Phi) is 5.52. The quantitative estimate of drug-likeness (QED) is 0.872. The van der Waals surface area contributed by atoms with E-state index >= 15 is 0 Å². The summed E-state index contributed by atoms with van der Waals surface area (Å²) in [5.74, 6) is 0.431. The molecule has 0 saturated heterocycles. The highest BCUT2D eigenvalue weighted by atomic mass is 32.2. The van der Waals surface area contributed by atoms with Crippen molar-refractivity contribution >= 4 is 10.0 Å². The minimum absolute atomic E-state index is 0.0725. The van der Waals surface area contributed by atoms with Crippen molar-refractivity contribution in [3.63, 3.8) is 0 Å². The van der Waals surface area contributed by atoms with E-state index in [9.17, 15) is 13.5 Å². The van der Waals surface area contributed by atoms with E-state index in [1.165, 1.54) is 4.31 Å². The molecular weight excluding hydrogens is 262 g/mol. The Bertz CT molecular complexity index is 511. The van der Waals surface area contributed by atoms with Crippen LogP contribution in [0.2, 0.25) is 0 Å². The smallest absolute Gasteiger partial charge is 0.243 e. The van der Waals surface area contributed by atoms with Gasteiger partial charge in [-0.3, -0.25) is 0 Å². The molecular formula is C14H23NO3S. The van der Waals surface area contributed by atoms with Crippen LogP contribution >= 0.6 is 0 Å². The van der Waals surface area contributed by atoms with Gasteiger partial charge in [-0.15, -0.1) is 0 Å². The first-order chi connectivity index (χ1) is 8.80. The Labute approximate surface area is 116 Å². The van der Waals surface area contributed by atoms with Crippen molar-refractivity contribution in [1.82, 2.24) is 4.31 Å². The Morgan fingerprint density at radius 1 is 1.21 bits per heavy atom. The summed E-state index contributed by atoms with van der Waals surface area (Å²) in [4.78, 5) is 0.190. The van der Waals surface area contributed by atoms with Crippen molar-refractivity contribution in [1.29, 1.82) is 0 Å². The van der Waals surface area contributed by atoms with E-state index in [0.717, 1.165) is 6.42 Å². The molecule has 0 aliphatic heterocycles. The normalized spacial score (nSPS) is 14.1. The molecule has 0 aliphatic rings. The van der Waals surface area contributed by atoms with Crippen LogP contribution < -0.4 is 0 Å². The van der Waals surface area contributed by atoms with Crippen LogP contribution in [-0.4, -0.2) is 30.9 Å². The summed E-state index contributed by atoms with van der Waals surface area (Å²) in [7, 11) is -1.96. The number of aliphatic hydroxyl groups is 1. The highest BCUT2D eigenvalue weighted by molar-refractivity contribution is 7.89.